The lowest BCUT2D eigenvalue weighted by atomic mass is 9.97. The molecule has 66 heavy (non-hydrogen) atoms. The summed E-state index contributed by atoms with van der Waals surface area (Å²) >= 11 is 0. The number of hydrogen-bond donors (Lipinski definition) is 0. The van der Waals surface area contributed by atoms with E-state index >= 15 is 0 Å². The second-order valence-corrected chi connectivity index (χ2v) is 17.2. The third kappa shape index (κ3) is 5.50. The van der Waals surface area contributed by atoms with Gasteiger partial charge in [-0.2, -0.15) is 0 Å². The molecule has 0 saturated carbocycles. The molecule has 0 radical (unpaired) electrons. The van der Waals surface area contributed by atoms with Crippen molar-refractivity contribution in [3.63, 3.8) is 0 Å². The largest absolute Gasteiger partial charge is 0.309 e. The third-order valence-corrected chi connectivity index (χ3v) is 13.5. The fourth-order valence-corrected chi connectivity index (χ4v) is 10.5. The van der Waals surface area contributed by atoms with Crippen LogP contribution in [0.3, 0.4) is 0 Å². The van der Waals surface area contributed by atoms with Gasteiger partial charge in [0.05, 0.1) is 27.8 Å². The van der Waals surface area contributed by atoms with E-state index in [1.165, 1.54) is 59.5 Å². The Morgan fingerprint density at radius 2 is 0.864 bits per heavy atom. The van der Waals surface area contributed by atoms with Gasteiger partial charge in [-0.15, -0.1) is 0 Å². The zero-order chi connectivity index (χ0) is 43.3. The SMILES string of the molecule is c1ccc(-c2nc(-c3ccccc3-n3c4ccccc4c4cc5cc(-n6c7ccccc7c7ccc8ccccc8c76)ccc5cc43)nc(-c3cc4ccccc4c4ccccc34)n2)cc1. The highest BCUT2D eigenvalue weighted by Gasteiger charge is 2.22. The van der Waals surface area contributed by atoms with Crippen molar-refractivity contribution in [2.24, 2.45) is 0 Å². The molecular formula is C61H37N5. The molecule has 0 spiro atoms. The molecule has 0 amide bonds. The van der Waals surface area contributed by atoms with E-state index in [1.54, 1.807) is 0 Å². The van der Waals surface area contributed by atoms with Gasteiger partial charge < -0.3 is 9.13 Å². The molecule has 5 heteroatoms. The minimum Gasteiger partial charge on any atom is -0.309 e. The van der Waals surface area contributed by atoms with Gasteiger partial charge in [0.2, 0.25) is 0 Å². The number of aromatic nitrogens is 5. The first-order valence-corrected chi connectivity index (χ1v) is 22.4. The topological polar surface area (TPSA) is 48.5 Å². The van der Waals surface area contributed by atoms with Gasteiger partial charge in [0.15, 0.2) is 17.5 Å². The van der Waals surface area contributed by atoms with Crippen molar-refractivity contribution in [2.45, 2.75) is 0 Å². The Labute approximate surface area is 379 Å². The van der Waals surface area contributed by atoms with Crippen molar-refractivity contribution in [3.8, 4) is 45.5 Å². The molecule has 0 saturated heterocycles. The van der Waals surface area contributed by atoms with E-state index in [1.807, 2.05) is 18.2 Å². The van der Waals surface area contributed by atoms with Gasteiger partial charge in [0, 0.05) is 49.3 Å². The highest BCUT2D eigenvalue weighted by atomic mass is 15.1. The van der Waals surface area contributed by atoms with E-state index in [0.29, 0.717) is 17.5 Å². The van der Waals surface area contributed by atoms with Gasteiger partial charge in [-0.3, -0.25) is 0 Å². The minimum absolute atomic E-state index is 0.613. The summed E-state index contributed by atoms with van der Waals surface area (Å²) in [4.78, 5) is 15.9. The molecular weight excluding hydrogens is 803 g/mol. The smallest absolute Gasteiger partial charge is 0.166 e. The van der Waals surface area contributed by atoms with Crippen molar-refractivity contribution in [1.29, 1.82) is 0 Å². The van der Waals surface area contributed by atoms with Crippen LogP contribution in [0, 0.1) is 0 Å². The van der Waals surface area contributed by atoms with Crippen molar-refractivity contribution in [1.82, 2.24) is 24.1 Å². The van der Waals surface area contributed by atoms with Gasteiger partial charge >= 0.3 is 0 Å². The highest BCUT2D eigenvalue weighted by Crippen LogP contribution is 2.41. The molecule has 0 atom stereocenters. The Kier molecular flexibility index (Phi) is 7.91. The number of para-hydroxylation sites is 3. The summed E-state index contributed by atoms with van der Waals surface area (Å²) in [5.74, 6) is 1.88. The van der Waals surface area contributed by atoms with Crippen LogP contribution in [0.1, 0.15) is 0 Å². The lowest BCUT2D eigenvalue weighted by molar-refractivity contribution is 1.07. The fourth-order valence-electron chi connectivity index (χ4n) is 10.5. The van der Waals surface area contributed by atoms with Crippen molar-refractivity contribution in [2.75, 3.05) is 0 Å². The molecule has 0 aliphatic carbocycles. The van der Waals surface area contributed by atoms with E-state index in [0.717, 1.165) is 55.3 Å². The summed E-state index contributed by atoms with van der Waals surface area (Å²) in [6.45, 7) is 0. The Balaban J connectivity index is 0.990. The number of hydrogen-bond acceptors (Lipinski definition) is 3. The van der Waals surface area contributed by atoms with E-state index < -0.39 is 0 Å². The normalized spacial score (nSPS) is 11.9. The van der Waals surface area contributed by atoms with Crippen LogP contribution in [0.4, 0.5) is 0 Å². The lowest BCUT2D eigenvalue weighted by Crippen LogP contribution is -2.04. The van der Waals surface area contributed by atoms with Crippen LogP contribution in [0.2, 0.25) is 0 Å². The van der Waals surface area contributed by atoms with Crippen LogP contribution in [-0.4, -0.2) is 24.1 Å². The molecule has 3 aromatic heterocycles. The summed E-state index contributed by atoms with van der Waals surface area (Å²) in [5.41, 5.74) is 9.61. The van der Waals surface area contributed by atoms with Crippen LogP contribution in [0.25, 0.3) is 132 Å². The summed E-state index contributed by atoms with van der Waals surface area (Å²) < 4.78 is 4.84. The van der Waals surface area contributed by atoms with Gasteiger partial charge in [0.1, 0.15) is 0 Å². The predicted molar refractivity (Wildman–Crippen MR) is 275 cm³/mol. The minimum atomic E-state index is 0.613. The molecule has 0 N–H and O–H groups in total. The Bertz CT molecular complexity index is 4290. The number of rotatable bonds is 5. The number of benzene rings is 11. The molecule has 306 valence electrons. The van der Waals surface area contributed by atoms with Crippen molar-refractivity contribution in [3.05, 3.63) is 224 Å². The molecule has 0 bridgehead atoms. The summed E-state index contributed by atoms with van der Waals surface area (Å²) in [7, 11) is 0. The van der Waals surface area contributed by atoms with Gasteiger partial charge in [-0.1, -0.05) is 170 Å². The monoisotopic (exact) mass is 839 g/mol. The second kappa shape index (κ2) is 14.3. The van der Waals surface area contributed by atoms with Crippen LogP contribution >= 0.6 is 0 Å². The van der Waals surface area contributed by atoms with E-state index in [4.69, 9.17) is 15.0 Å². The average molecular weight is 840 g/mol. The van der Waals surface area contributed by atoms with E-state index in [-0.39, 0.29) is 0 Å². The average Bonchev–Trinajstić information content (AvgIpc) is 3.90. The molecule has 0 aliphatic rings. The highest BCUT2D eigenvalue weighted by molar-refractivity contribution is 6.19. The Morgan fingerprint density at radius 1 is 0.273 bits per heavy atom. The lowest BCUT2D eigenvalue weighted by Gasteiger charge is -2.16. The predicted octanol–water partition coefficient (Wildman–Crippen LogP) is 15.7. The van der Waals surface area contributed by atoms with Crippen molar-refractivity contribution >= 4 is 86.7 Å². The number of fused-ring (bicyclic) bond motifs is 12. The molecule has 11 aromatic carbocycles. The second-order valence-electron chi connectivity index (χ2n) is 17.2. The van der Waals surface area contributed by atoms with Crippen LogP contribution in [-0.2, 0) is 0 Å². The molecule has 3 heterocycles. The summed E-state index contributed by atoms with van der Waals surface area (Å²) in [6, 6.07) is 80.5. The summed E-state index contributed by atoms with van der Waals surface area (Å²) in [5, 5.41) is 14.3. The van der Waals surface area contributed by atoms with Gasteiger partial charge in [-0.05, 0) is 92.3 Å². The van der Waals surface area contributed by atoms with E-state index in [9.17, 15) is 0 Å². The first-order chi connectivity index (χ1) is 32.7. The Hall–Kier alpha value is -8.93. The maximum atomic E-state index is 5.40. The van der Waals surface area contributed by atoms with Crippen LogP contribution in [0.15, 0.2) is 224 Å². The summed E-state index contributed by atoms with van der Waals surface area (Å²) in [6.07, 6.45) is 0. The molecule has 0 unspecified atom stereocenters. The molecule has 0 aliphatic heterocycles. The standard InChI is InChI=1S/C61H37N5/c1-2-17-39(18-3-1)59-62-60(64-61(63-59)53-35-41-19-5-6-20-44(41)46-22-8-9-23-47(46)53)51-26-12-15-29-56(51)66-55-28-14-11-25-49(55)52-36-42-34-43(32-30-40(42)37-57(52)66)65-54-27-13-10-24-48(54)50-33-31-38-16-4-7-21-45(38)58(50)65/h1-37H. The van der Waals surface area contributed by atoms with Crippen LogP contribution in [0.5, 0.6) is 0 Å². The number of nitrogens with zero attached hydrogens (tertiary/aromatic N) is 5. The molecule has 0 fully saturated rings. The zero-order valence-electron chi connectivity index (χ0n) is 35.6. The van der Waals surface area contributed by atoms with Gasteiger partial charge in [-0.25, -0.2) is 15.0 Å². The third-order valence-electron chi connectivity index (χ3n) is 13.5. The van der Waals surface area contributed by atoms with Gasteiger partial charge in [0.25, 0.3) is 0 Å². The van der Waals surface area contributed by atoms with Crippen LogP contribution < -0.4 is 0 Å². The maximum absolute atomic E-state index is 5.40. The zero-order valence-corrected chi connectivity index (χ0v) is 35.6. The first kappa shape index (κ1) is 36.5. The molecule has 14 aromatic rings. The molecule has 14 rings (SSSR count). The fraction of sp³-hybridized carbons (Fsp3) is 0. The Morgan fingerprint density at radius 3 is 1.68 bits per heavy atom. The van der Waals surface area contributed by atoms with E-state index in [2.05, 4.69) is 215 Å². The molecule has 5 nitrogen and oxygen atoms in total. The first-order valence-electron chi connectivity index (χ1n) is 22.4. The van der Waals surface area contributed by atoms with Crippen molar-refractivity contribution < 1.29 is 0 Å². The quantitative estimate of drug-likeness (QED) is 0.162. The maximum Gasteiger partial charge on any atom is 0.166 e.